The predicted molar refractivity (Wildman–Crippen MR) is 166 cm³/mol. The molecule has 12 nitrogen and oxygen atoms in total. The van der Waals surface area contributed by atoms with Crippen LogP contribution in [0.3, 0.4) is 0 Å². The van der Waals surface area contributed by atoms with E-state index in [9.17, 15) is 22.8 Å². The van der Waals surface area contributed by atoms with E-state index in [0.717, 1.165) is 0 Å². The fourth-order valence-electron chi connectivity index (χ4n) is 5.86. The van der Waals surface area contributed by atoms with E-state index in [1.165, 1.54) is 29.8 Å². The molecule has 3 atom stereocenters. The third-order valence-corrected chi connectivity index (χ3v) is 9.54. The van der Waals surface area contributed by atoms with E-state index in [-0.39, 0.29) is 34.8 Å². The van der Waals surface area contributed by atoms with Crippen molar-refractivity contribution in [2.24, 2.45) is 0 Å². The number of nitrogens with one attached hydrogen (secondary N) is 2. The number of rotatable bonds is 7. The Morgan fingerprint density at radius 2 is 2.04 bits per heavy atom. The average Bonchev–Trinajstić information content (AvgIpc) is 3.70. The number of hydrogen-bond acceptors (Lipinski definition) is 9. The van der Waals surface area contributed by atoms with Crippen LogP contribution in [0.2, 0.25) is 5.02 Å². The molecule has 3 aromatic heterocycles. The molecule has 2 N–H and O–H groups in total. The number of amides is 3. The number of aromatic nitrogens is 3. The maximum Gasteiger partial charge on any atom is 0.534 e. The van der Waals surface area contributed by atoms with Crippen molar-refractivity contribution in [3.05, 3.63) is 52.2 Å². The van der Waals surface area contributed by atoms with E-state index in [1.54, 1.807) is 32.9 Å². The second-order valence-corrected chi connectivity index (χ2v) is 13.4. The largest absolute Gasteiger partial charge is 0.534 e. The van der Waals surface area contributed by atoms with Gasteiger partial charge in [-0.15, -0.1) is 0 Å². The van der Waals surface area contributed by atoms with Gasteiger partial charge in [0, 0.05) is 23.8 Å². The maximum absolute atomic E-state index is 14.3. The van der Waals surface area contributed by atoms with Gasteiger partial charge in [-0.1, -0.05) is 27.5 Å². The first-order chi connectivity index (χ1) is 21.6. The van der Waals surface area contributed by atoms with Gasteiger partial charge < -0.3 is 23.9 Å². The minimum atomic E-state index is -4.81. The highest BCUT2D eigenvalue weighted by atomic mass is 79.9. The zero-order chi connectivity index (χ0) is 33.0. The molecule has 3 aliphatic rings. The summed E-state index contributed by atoms with van der Waals surface area (Å²) in [5.74, 6) is -0.741. The molecule has 3 amide bonds. The summed E-state index contributed by atoms with van der Waals surface area (Å²) in [7, 11) is -0.953. The molecule has 46 heavy (non-hydrogen) atoms. The highest BCUT2D eigenvalue weighted by molar-refractivity contribution is 9.10. The summed E-state index contributed by atoms with van der Waals surface area (Å²) < 4.78 is 60.9. The Morgan fingerprint density at radius 3 is 2.74 bits per heavy atom. The summed E-state index contributed by atoms with van der Waals surface area (Å²) in [5.41, 5.74) is -1.84. The van der Waals surface area contributed by atoms with Gasteiger partial charge in [-0.05, 0) is 58.2 Å². The van der Waals surface area contributed by atoms with Crippen LogP contribution in [-0.4, -0.2) is 76.6 Å². The quantitative estimate of drug-likeness (QED) is 0.325. The van der Waals surface area contributed by atoms with Crippen molar-refractivity contribution in [2.75, 3.05) is 28.2 Å². The smallest absolute Gasteiger partial charge is 0.452 e. The average molecular weight is 727 g/mol. The number of urea groups is 1. The number of fused-ring (bicyclic) bond motifs is 4. The van der Waals surface area contributed by atoms with Crippen molar-refractivity contribution in [2.45, 2.75) is 69.5 Å². The third-order valence-electron chi connectivity index (χ3n) is 8.76. The number of alkyl halides is 3. The lowest BCUT2D eigenvalue weighted by Crippen LogP contribution is -2.50. The Labute approximate surface area is 275 Å². The van der Waals surface area contributed by atoms with Crippen LogP contribution < -0.4 is 26.1 Å². The molecular weight excluding hydrogens is 698 g/mol. The fraction of sp³-hybridized carbons (Fsp3) is 0.464. The molecule has 1 unspecified atom stereocenters. The second-order valence-electron chi connectivity index (χ2n) is 12.0. The molecule has 3 aliphatic heterocycles. The van der Waals surface area contributed by atoms with Crippen LogP contribution in [0.15, 0.2) is 45.9 Å². The lowest BCUT2D eigenvalue weighted by atomic mass is 9.82. The molecular formula is C28H29BBrClF3N7O5. The fourth-order valence-corrected chi connectivity index (χ4v) is 6.43. The maximum atomic E-state index is 14.3. The summed E-state index contributed by atoms with van der Waals surface area (Å²) in [6.45, 7) is 6.17. The molecule has 2 fully saturated rings. The number of anilines is 3. The van der Waals surface area contributed by atoms with Gasteiger partial charge in [0.2, 0.25) is 0 Å². The van der Waals surface area contributed by atoms with Crippen LogP contribution in [0.4, 0.5) is 35.3 Å². The van der Waals surface area contributed by atoms with Gasteiger partial charge in [0.15, 0.2) is 17.9 Å². The summed E-state index contributed by atoms with van der Waals surface area (Å²) in [6, 6.07) is 1.67. The summed E-state index contributed by atoms with van der Waals surface area (Å²) in [5, 5.41) is 4.66. The van der Waals surface area contributed by atoms with E-state index < -0.39 is 54.6 Å². The highest BCUT2D eigenvalue weighted by Crippen LogP contribution is 2.43. The van der Waals surface area contributed by atoms with E-state index in [4.69, 9.17) is 25.3 Å². The van der Waals surface area contributed by atoms with Crippen LogP contribution >= 0.6 is 27.5 Å². The molecule has 18 heteroatoms. The number of pyridine rings is 2. The minimum absolute atomic E-state index is 0.114. The number of carbonyl (C=O) groups is 2. The van der Waals surface area contributed by atoms with Crippen molar-refractivity contribution >= 4 is 69.6 Å². The van der Waals surface area contributed by atoms with Gasteiger partial charge in [-0.25, -0.2) is 19.7 Å². The van der Waals surface area contributed by atoms with Crippen LogP contribution in [-0.2, 0) is 9.31 Å². The number of hydrogen-bond donors (Lipinski definition) is 2. The third kappa shape index (κ3) is 6.17. The van der Waals surface area contributed by atoms with Crippen molar-refractivity contribution in [1.29, 1.82) is 0 Å². The van der Waals surface area contributed by atoms with Gasteiger partial charge in [0.1, 0.15) is 17.6 Å². The molecule has 244 valence electrons. The highest BCUT2D eigenvalue weighted by Gasteiger charge is 2.56. The van der Waals surface area contributed by atoms with Gasteiger partial charge in [0.25, 0.3) is 5.91 Å². The normalized spacial score (nSPS) is 22.5. The lowest BCUT2D eigenvalue weighted by molar-refractivity contribution is -0.158. The Balaban J connectivity index is 1.22. The first-order valence-corrected chi connectivity index (χ1v) is 15.6. The molecule has 2 bridgehead atoms. The Hall–Kier alpha value is -3.41. The van der Waals surface area contributed by atoms with Crippen molar-refractivity contribution < 1.29 is 36.5 Å². The van der Waals surface area contributed by atoms with Gasteiger partial charge in [0.05, 0.1) is 34.2 Å². The molecule has 2 saturated heterocycles. The van der Waals surface area contributed by atoms with E-state index >= 15 is 0 Å². The van der Waals surface area contributed by atoms with Gasteiger partial charge >= 0.3 is 19.3 Å². The molecule has 0 spiro atoms. The first kappa shape index (κ1) is 32.5. The van der Waals surface area contributed by atoms with Crippen LogP contribution in [0.25, 0.3) is 0 Å². The van der Waals surface area contributed by atoms with Crippen LogP contribution in [0.5, 0.6) is 0 Å². The molecule has 0 radical (unpaired) electrons. The van der Waals surface area contributed by atoms with Crippen molar-refractivity contribution in [3.8, 4) is 0 Å². The molecule has 6 rings (SSSR count). The topological polar surface area (TPSA) is 135 Å². The Morgan fingerprint density at radius 1 is 1.26 bits per heavy atom. The molecule has 3 aromatic rings. The van der Waals surface area contributed by atoms with Gasteiger partial charge in [-0.3, -0.25) is 15.0 Å². The Kier molecular flexibility index (Phi) is 8.48. The van der Waals surface area contributed by atoms with Crippen molar-refractivity contribution in [3.63, 3.8) is 0 Å². The summed E-state index contributed by atoms with van der Waals surface area (Å²) >= 11 is 9.79. The summed E-state index contributed by atoms with van der Waals surface area (Å²) in [4.78, 5) is 42.7. The predicted octanol–water partition coefficient (Wildman–Crippen LogP) is 4.93. The number of nitrogens with zero attached hydrogens (tertiary/aromatic N) is 5. The van der Waals surface area contributed by atoms with E-state index in [2.05, 4.69) is 41.5 Å². The lowest BCUT2D eigenvalue weighted by Gasteiger charge is -2.37. The zero-order valence-electron chi connectivity index (χ0n) is 24.9. The summed E-state index contributed by atoms with van der Waals surface area (Å²) in [6.07, 6.45) is -0.736. The number of oxazole rings is 1. The molecule has 0 aromatic carbocycles. The molecule has 6 heterocycles. The van der Waals surface area contributed by atoms with Crippen LogP contribution in [0, 0.1) is 0 Å². The SMILES string of the molecule is CC1(C)OB(c2cnco2)OC1(C)CC[C@@H](NC(=O)c1nc2c(cc1Cl)N1CC[C@@H](C1)N2C(=O)Nc1cc(Br)ccn1)C(F)(F)F. The van der Waals surface area contributed by atoms with E-state index in [0.29, 0.717) is 29.7 Å². The molecule has 0 aliphatic carbocycles. The minimum Gasteiger partial charge on any atom is -0.452 e. The second kappa shape index (κ2) is 12.0. The number of carbonyl (C=O) groups excluding carboxylic acids is 2. The zero-order valence-corrected chi connectivity index (χ0v) is 27.2. The number of halogens is 5. The Bertz CT molecular complexity index is 1650. The monoisotopic (exact) mass is 725 g/mol. The van der Waals surface area contributed by atoms with Crippen molar-refractivity contribution in [1.82, 2.24) is 20.3 Å². The van der Waals surface area contributed by atoms with Crippen LogP contribution in [0.1, 0.15) is 50.5 Å². The standard InChI is InChI=1S/C28H29BBrClF3N7O5/c1-26(2)27(3,46-29(45-26)20-12-35-14-44-20)7-4-19(28(32,33)34)37-24(42)22-17(31)11-18-23(39-22)41(16-6-9-40(18)13-16)25(43)38-21-10-15(30)5-8-36-21/h5,8,10-12,14,16,19H,4,6-7,9,13H2,1-3H3,(H,37,42)(H,36,38,43)/t16-,19+,27?/m0/s1. The first-order valence-electron chi connectivity index (χ1n) is 14.4. The molecule has 0 saturated carbocycles. The van der Waals surface area contributed by atoms with Gasteiger partial charge in [-0.2, -0.15) is 13.2 Å². The van der Waals surface area contributed by atoms with E-state index in [1.807, 2.05) is 4.90 Å².